The van der Waals surface area contributed by atoms with Crippen molar-refractivity contribution < 1.29 is 4.74 Å². The molecule has 0 aliphatic heterocycles. The van der Waals surface area contributed by atoms with Crippen molar-refractivity contribution in [2.24, 2.45) is 0 Å². The minimum absolute atomic E-state index is 0.977. The summed E-state index contributed by atoms with van der Waals surface area (Å²) in [6.45, 7) is 2.12. The standard InChI is InChI=1S/C10H10OS/c1-7-6-12-10-8(7)4-3-5-9(10)11-2/h3-6H,1-2H3. The Labute approximate surface area is 75.6 Å². The summed E-state index contributed by atoms with van der Waals surface area (Å²) in [5.74, 6) is 0.977. The van der Waals surface area contributed by atoms with Gasteiger partial charge in [-0.2, -0.15) is 0 Å². The van der Waals surface area contributed by atoms with E-state index in [1.54, 1.807) is 18.4 Å². The second-order valence-corrected chi connectivity index (χ2v) is 3.64. The van der Waals surface area contributed by atoms with E-state index in [4.69, 9.17) is 4.74 Å². The van der Waals surface area contributed by atoms with E-state index < -0.39 is 0 Å². The molecule has 2 heteroatoms. The fourth-order valence-electron chi connectivity index (χ4n) is 1.32. The Bertz CT molecular complexity index is 403. The van der Waals surface area contributed by atoms with Gasteiger partial charge in [0.05, 0.1) is 11.8 Å². The van der Waals surface area contributed by atoms with E-state index in [0.29, 0.717) is 0 Å². The fourth-order valence-corrected chi connectivity index (χ4v) is 2.36. The highest BCUT2D eigenvalue weighted by Crippen LogP contribution is 2.32. The van der Waals surface area contributed by atoms with Gasteiger partial charge in [0.1, 0.15) is 5.75 Å². The van der Waals surface area contributed by atoms with Crippen LogP contribution in [0.2, 0.25) is 0 Å². The quantitative estimate of drug-likeness (QED) is 0.651. The lowest BCUT2D eigenvalue weighted by Gasteiger charge is -1.99. The Balaban J connectivity index is 2.81. The van der Waals surface area contributed by atoms with Gasteiger partial charge in [-0.15, -0.1) is 11.3 Å². The van der Waals surface area contributed by atoms with Crippen LogP contribution in [0.3, 0.4) is 0 Å². The average molecular weight is 178 g/mol. The van der Waals surface area contributed by atoms with E-state index in [9.17, 15) is 0 Å². The van der Waals surface area contributed by atoms with Crippen LogP contribution in [0.4, 0.5) is 0 Å². The van der Waals surface area contributed by atoms with E-state index >= 15 is 0 Å². The van der Waals surface area contributed by atoms with Gasteiger partial charge in [0.15, 0.2) is 0 Å². The Morgan fingerprint density at radius 1 is 1.33 bits per heavy atom. The van der Waals surface area contributed by atoms with Gasteiger partial charge in [0.25, 0.3) is 0 Å². The summed E-state index contributed by atoms with van der Waals surface area (Å²) in [5.41, 5.74) is 1.33. The summed E-state index contributed by atoms with van der Waals surface area (Å²) in [6.07, 6.45) is 0. The van der Waals surface area contributed by atoms with Gasteiger partial charge in [0, 0.05) is 0 Å². The van der Waals surface area contributed by atoms with Gasteiger partial charge in [-0.1, -0.05) is 12.1 Å². The molecule has 0 N–H and O–H groups in total. The van der Waals surface area contributed by atoms with Crippen LogP contribution in [0.5, 0.6) is 5.75 Å². The van der Waals surface area contributed by atoms with E-state index in [-0.39, 0.29) is 0 Å². The SMILES string of the molecule is COc1cccc2c(C)csc12. The largest absolute Gasteiger partial charge is 0.495 e. The molecule has 0 aliphatic carbocycles. The number of ether oxygens (including phenoxy) is 1. The van der Waals surface area contributed by atoms with Crippen LogP contribution in [0.1, 0.15) is 5.56 Å². The predicted octanol–water partition coefficient (Wildman–Crippen LogP) is 3.22. The minimum Gasteiger partial charge on any atom is -0.495 e. The molecule has 62 valence electrons. The van der Waals surface area contributed by atoms with Crippen molar-refractivity contribution in [3.05, 3.63) is 29.1 Å². The molecule has 1 nitrogen and oxygen atoms in total. The van der Waals surface area contributed by atoms with Gasteiger partial charge >= 0.3 is 0 Å². The lowest BCUT2D eigenvalue weighted by atomic mass is 10.2. The zero-order valence-corrected chi connectivity index (χ0v) is 7.94. The molecular weight excluding hydrogens is 168 g/mol. The number of hydrogen-bond donors (Lipinski definition) is 0. The highest BCUT2D eigenvalue weighted by Gasteiger charge is 2.03. The van der Waals surface area contributed by atoms with Crippen molar-refractivity contribution in [1.82, 2.24) is 0 Å². The van der Waals surface area contributed by atoms with Gasteiger partial charge in [-0.05, 0) is 29.3 Å². The van der Waals surface area contributed by atoms with Crippen LogP contribution in [-0.4, -0.2) is 7.11 Å². The molecule has 0 fully saturated rings. The summed E-state index contributed by atoms with van der Waals surface area (Å²) in [5, 5.41) is 3.46. The number of benzene rings is 1. The van der Waals surface area contributed by atoms with Gasteiger partial charge in [-0.3, -0.25) is 0 Å². The van der Waals surface area contributed by atoms with Crippen LogP contribution in [0.25, 0.3) is 10.1 Å². The number of aryl methyl sites for hydroxylation is 1. The van der Waals surface area contributed by atoms with Crippen molar-refractivity contribution in [2.75, 3.05) is 7.11 Å². The first-order valence-electron chi connectivity index (χ1n) is 3.83. The zero-order chi connectivity index (χ0) is 8.55. The van der Waals surface area contributed by atoms with E-state index in [1.807, 2.05) is 12.1 Å². The molecule has 0 amide bonds. The normalized spacial score (nSPS) is 10.5. The summed E-state index contributed by atoms with van der Waals surface area (Å²) in [7, 11) is 1.71. The molecule has 0 saturated heterocycles. The number of methoxy groups -OCH3 is 1. The highest BCUT2D eigenvalue weighted by atomic mass is 32.1. The van der Waals surface area contributed by atoms with Crippen molar-refractivity contribution in [3.8, 4) is 5.75 Å². The molecule has 2 aromatic rings. The molecule has 0 spiro atoms. The lowest BCUT2D eigenvalue weighted by molar-refractivity contribution is 0.420. The lowest BCUT2D eigenvalue weighted by Crippen LogP contribution is -1.81. The average Bonchev–Trinajstić information content (AvgIpc) is 2.48. The molecule has 2 rings (SSSR count). The van der Waals surface area contributed by atoms with E-state index in [2.05, 4.69) is 18.4 Å². The third-order valence-electron chi connectivity index (χ3n) is 1.98. The third kappa shape index (κ3) is 0.994. The molecule has 1 aromatic heterocycles. The maximum Gasteiger partial charge on any atom is 0.136 e. The van der Waals surface area contributed by atoms with Crippen molar-refractivity contribution in [3.63, 3.8) is 0 Å². The van der Waals surface area contributed by atoms with Gasteiger partial charge in [0.2, 0.25) is 0 Å². The van der Waals surface area contributed by atoms with Crippen molar-refractivity contribution >= 4 is 21.4 Å². The molecular formula is C10H10OS. The summed E-state index contributed by atoms with van der Waals surface area (Å²) in [6, 6.07) is 6.16. The summed E-state index contributed by atoms with van der Waals surface area (Å²) < 4.78 is 6.50. The van der Waals surface area contributed by atoms with Gasteiger partial charge in [-0.25, -0.2) is 0 Å². The van der Waals surface area contributed by atoms with Crippen LogP contribution in [-0.2, 0) is 0 Å². The first kappa shape index (κ1) is 7.62. The molecule has 1 heterocycles. The maximum atomic E-state index is 5.25. The number of fused-ring (bicyclic) bond motifs is 1. The Hall–Kier alpha value is -1.02. The molecule has 0 bridgehead atoms. The van der Waals surface area contributed by atoms with E-state index in [1.165, 1.54) is 15.6 Å². The molecule has 1 aromatic carbocycles. The Kier molecular flexibility index (Phi) is 1.77. The molecule has 0 atom stereocenters. The zero-order valence-electron chi connectivity index (χ0n) is 7.13. The maximum absolute atomic E-state index is 5.25. The first-order chi connectivity index (χ1) is 5.83. The molecule has 0 saturated carbocycles. The number of rotatable bonds is 1. The highest BCUT2D eigenvalue weighted by molar-refractivity contribution is 7.17. The molecule has 12 heavy (non-hydrogen) atoms. The fraction of sp³-hybridized carbons (Fsp3) is 0.200. The summed E-state index contributed by atoms with van der Waals surface area (Å²) >= 11 is 1.74. The van der Waals surface area contributed by atoms with Crippen molar-refractivity contribution in [1.29, 1.82) is 0 Å². The Morgan fingerprint density at radius 2 is 2.17 bits per heavy atom. The van der Waals surface area contributed by atoms with E-state index in [0.717, 1.165) is 5.75 Å². The van der Waals surface area contributed by atoms with Crippen LogP contribution in [0, 0.1) is 6.92 Å². The monoisotopic (exact) mass is 178 g/mol. The summed E-state index contributed by atoms with van der Waals surface area (Å²) in [4.78, 5) is 0. The predicted molar refractivity (Wildman–Crippen MR) is 53.1 cm³/mol. The van der Waals surface area contributed by atoms with Crippen LogP contribution < -0.4 is 4.74 Å². The Morgan fingerprint density at radius 3 is 2.92 bits per heavy atom. The van der Waals surface area contributed by atoms with Crippen LogP contribution >= 0.6 is 11.3 Å². The molecule has 0 unspecified atom stereocenters. The number of thiophene rings is 1. The second-order valence-electron chi connectivity index (χ2n) is 2.76. The first-order valence-corrected chi connectivity index (χ1v) is 4.71. The number of hydrogen-bond acceptors (Lipinski definition) is 2. The molecule has 0 aliphatic rings. The smallest absolute Gasteiger partial charge is 0.136 e. The minimum atomic E-state index is 0.977. The van der Waals surface area contributed by atoms with Crippen LogP contribution in [0.15, 0.2) is 23.6 Å². The topological polar surface area (TPSA) is 9.23 Å². The third-order valence-corrected chi connectivity index (χ3v) is 3.11. The van der Waals surface area contributed by atoms with Gasteiger partial charge < -0.3 is 4.74 Å². The molecule has 0 radical (unpaired) electrons. The second kappa shape index (κ2) is 2.79. The van der Waals surface area contributed by atoms with Crippen molar-refractivity contribution in [2.45, 2.75) is 6.92 Å².